The topological polar surface area (TPSA) is 59.0 Å². The van der Waals surface area contributed by atoms with Crippen LogP contribution in [0.2, 0.25) is 5.02 Å². The lowest BCUT2D eigenvalue weighted by molar-refractivity contribution is 0.0907. The maximum Gasteiger partial charge on any atom is 0.167 e. The van der Waals surface area contributed by atoms with Gasteiger partial charge in [-0.1, -0.05) is 23.7 Å². The Labute approximate surface area is 157 Å². The molecule has 5 nitrogen and oxygen atoms in total. The van der Waals surface area contributed by atoms with E-state index in [1.807, 2.05) is 31.2 Å². The van der Waals surface area contributed by atoms with Crippen LogP contribution in [0.4, 0.5) is 5.82 Å². The predicted molar refractivity (Wildman–Crippen MR) is 103 cm³/mol. The minimum atomic E-state index is -0.0655. The van der Waals surface area contributed by atoms with Crippen molar-refractivity contribution in [3.63, 3.8) is 0 Å². The van der Waals surface area contributed by atoms with E-state index >= 15 is 0 Å². The number of hydrogen-bond acceptors (Lipinski definition) is 5. The van der Waals surface area contributed by atoms with Crippen LogP contribution in [0, 0.1) is 12.8 Å². The fraction of sp³-hybridized carbons (Fsp3) is 0.300. The van der Waals surface area contributed by atoms with Gasteiger partial charge >= 0.3 is 0 Å². The van der Waals surface area contributed by atoms with Crippen LogP contribution < -0.4 is 4.90 Å². The number of rotatable bonds is 3. The summed E-state index contributed by atoms with van der Waals surface area (Å²) in [5.41, 5.74) is 1.37. The Bertz CT molecular complexity index is 975. The van der Waals surface area contributed by atoms with Crippen LogP contribution >= 0.6 is 11.6 Å². The van der Waals surface area contributed by atoms with Crippen molar-refractivity contribution in [2.75, 3.05) is 18.0 Å². The Kier molecular flexibility index (Phi) is 4.55. The van der Waals surface area contributed by atoms with E-state index in [9.17, 15) is 4.79 Å². The summed E-state index contributed by atoms with van der Waals surface area (Å²) in [6.45, 7) is 3.39. The van der Waals surface area contributed by atoms with Gasteiger partial charge in [-0.05, 0) is 44.0 Å². The number of nitrogens with zero attached hydrogens (tertiary/aromatic N) is 4. The van der Waals surface area contributed by atoms with Crippen molar-refractivity contribution in [2.24, 2.45) is 5.92 Å². The first-order chi connectivity index (χ1) is 12.6. The highest BCUT2D eigenvalue weighted by Crippen LogP contribution is 2.29. The molecule has 1 aliphatic rings. The van der Waals surface area contributed by atoms with Crippen molar-refractivity contribution >= 4 is 34.2 Å². The first kappa shape index (κ1) is 16.9. The lowest BCUT2D eigenvalue weighted by Gasteiger charge is -2.33. The molecule has 0 N–H and O–H groups in total. The minimum Gasteiger partial charge on any atom is -0.355 e. The standard InChI is InChI=1S/C20H19ClN4O/c1-13-23-19-17(8-3-9-22-19)20(24-13)25-10-4-6-15(12-25)18(26)14-5-2-7-16(21)11-14/h2-3,5,7-9,11,15H,4,6,10,12H2,1H3/t15-/m1/s1. The fourth-order valence-electron chi connectivity index (χ4n) is 3.55. The summed E-state index contributed by atoms with van der Waals surface area (Å²) in [6.07, 6.45) is 3.56. The van der Waals surface area contributed by atoms with Crippen LogP contribution in [-0.4, -0.2) is 33.8 Å². The Morgan fingerprint density at radius 2 is 2.12 bits per heavy atom. The summed E-state index contributed by atoms with van der Waals surface area (Å²) >= 11 is 6.05. The Morgan fingerprint density at radius 1 is 1.23 bits per heavy atom. The first-order valence-electron chi connectivity index (χ1n) is 8.76. The molecule has 3 aromatic rings. The molecule has 0 radical (unpaired) electrons. The summed E-state index contributed by atoms with van der Waals surface area (Å²) < 4.78 is 0. The highest BCUT2D eigenvalue weighted by atomic mass is 35.5. The summed E-state index contributed by atoms with van der Waals surface area (Å²) in [7, 11) is 0. The summed E-state index contributed by atoms with van der Waals surface area (Å²) in [4.78, 5) is 28.5. The van der Waals surface area contributed by atoms with E-state index in [1.54, 1.807) is 18.3 Å². The van der Waals surface area contributed by atoms with Crippen molar-refractivity contribution in [1.82, 2.24) is 15.0 Å². The van der Waals surface area contributed by atoms with Gasteiger partial charge in [0.25, 0.3) is 0 Å². The minimum absolute atomic E-state index is 0.0655. The zero-order valence-electron chi connectivity index (χ0n) is 14.5. The molecule has 6 heteroatoms. The second-order valence-electron chi connectivity index (χ2n) is 6.63. The van der Waals surface area contributed by atoms with Crippen molar-refractivity contribution in [1.29, 1.82) is 0 Å². The third kappa shape index (κ3) is 3.27. The third-order valence-electron chi connectivity index (χ3n) is 4.76. The maximum absolute atomic E-state index is 12.9. The number of aryl methyl sites for hydroxylation is 1. The molecule has 132 valence electrons. The molecule has 0 amide bonds. The zero-order chi connectivity index (χ0) is 18.1. The second-order valence-corrected chi connectivity index (χ2v) is 7.07. The molecule has 4 rings (SSSR count). The summed E-state index contributed by atoms with van der Waals surface area (Å²) in [5.74, 6) is 1.63. The molecular weight excluding hydrogens is 348 g/mol. The van der Waals surface area contributed by atoms with Crippen molar-refractivity contribution in [3.8, 4) is 0 Å². The number of carbonyl (C=O) groups excluding carboxylic acids is 1. The van der Waals surface area contributed by atoms with E-state index in [0.717, 1.165) is 30.6 Å². The fourth-order valence-corrected chi connectivity index (χ4v) is 3.74. The van der Waals surface area contributed by atoms with E-state index < -0.39 is 0 Å². The van der Waals surface area contributed by atoms with Crippen LogP contribution in [0.5, 0.6) is 0 Å². The number of fused-ring (bicyclic) bond motifs is 1. The zero-order valence-corrected chi connectivity index (χ0v) is 15.3. The third-order valence-corrected chi connectivity index (χ3v) is 5.00. The molecule has 1 aromatic carbocycles. The van der Waals surface area contributed by atoms with Crippen LogP contribution in [0.3, 0.4) is 0 Å². The number of Topliss-reactive ketones (excluding diaryl/α,β-unsaturated/α-hetero) is 1. The molecule has 0 unspecified atom stereocenters. The van der Waals surface area contributed by atoms with E-state index in [0.29, 0.717) is 28.6 Å². The monoisotopic (exact) mass is 366 g/mol. The van der Waals surface area contributed by atoms with Crippen LogP contribution in [0.25, 0.3) is 11.0 Å². The van der Waals surface area contributed by atoms with Crippen LogP contribution in [0.1, 0.15) is 29.0 Å². The normalized spacial score (nSPS) is 17.5. The average molecular weight is 367 g/mol. The average Bonchev–Trinajstić information content (AvgIpc) is 2.67. The van der Waals surface area contributed by atoms with E-state index in [1.165, 1.54) is 0 Å². The lowest BCUT2D eigenvalue weighted by Crippen LogP contribution is -2.39. The van der Waals surface area contributed by atoms with Gasteiger partial charge in [0, 0.05) is 35.8 Å². The van der Waals surface area contributed by atoms with Gasteiger partial charge in [-0.3, -0.25) is 4.79 Å². The van der Waals surface area contributed by atoms with Crippen LogP contribution in [-0.2, 0) is 0 Å². The van der Waals surface area contributed by atoms with E-state index in [2.05, 4.69) is 19.9 Å². The molecule has 0 saturated carbocycles. The predicted octanol–water partition coefficient (Wildman–Crippen LogP) is 4.09. The molecule has 1 saturated heterocycles. The number of anilines is 1. The molecule has 3 heterocycles. The number of halogens is 1. The smallest absolute Gasteiger partial charge is 0.167 e. The number of aromatic nitrogens is 3. The number of piperidine rings is 1. The van der Waals surface area contributed by atoms with Crippen molar-refractivity contribution < 1.29 is 4.79 Å². The molecule has 0 spiro atoms. The molecule has 1 atom stereocenters. The van der Waals surface area contributed by atoms with Gasteiger partial charge in [0.15, 0.2) is 11.4 Å². The van der Waals surface area contributed by atoms with Gasteiger partial charge < -0.3 is 4.90 Å². The van der Waals surface area contributed by atoms with Gasteiger partial charge in [0.1, 0.15) is 11.6 Å². The lowest BCUT2D eigenvalue weighted by atomic mass is 9.90. The number of ketones is 1. The van der Waals surface area contributed by atoms with Gasteiger partial charge in [-0.2, -0.15) is 0 Å². The Balaban J connectivity index is 1.64. The number of hydrogen-bond donors (Lipinski definition) is 0. The molecule has 2 aromatic heterocycles. The maximum atomic E-state index is 12.9. The van der Waals surface area contributed by atoms with Gasteiger partial charge in [-0.25, -0.2) is 15.0 Å². The van der Waals surface area contributed by atoms with Gasteiger partial charge in [0.05, 0.1) is 5.39 Å². The quantitative estimate of drug-likeness (QED) is 0.653. The molecule has 26 heavy (non-hydrogen) atoms. The molecule has 0 bridgehead atoms. The number of pyridine rings is 1. The van der Waals surface area contributed by atoms with E-state index in [4.69, 9.17) is 11.6 Å². The highest BCUT2D eigenvalue weighted by molar-refractivity contribution is 6.31. The Hall–Kier alpha value is -2.53. The number of benzene rings is 1. The largest absolute Gasteiger partial charge is 0.355 e. The molecular formula is C20H19ClN4O. The van der Waals surface area contributed by atoms with Crippen molar-refractivity contribution in [2.45, 2.75) is 19.8 Å². The Morgan fingerprint density at radius 3 is 2.96 bits per heavy atom. The van der Waals surface area contributed by atoms with Crippen LogP contribution in [0.15, 0.2) is 42.6 Å². The number of carbonyl (C=O) groups is 1. The molecule has 1 fully saturated rings. The summed E-state index contributed by atoms with van der Waals surface area (Å²) in [6, 6.07) is 11.1. The SMILES string of the molecule is Cc1nc(N2CCC[C@@H](C(=O)c3cccc(Cl)c3)C2)c2cccnc2n1. The molecule has 1 aliphatic heterocycles. The van der Waals surface area contributed by atoms with Crippen molar-refractivity contribution in [3.05, 3.63) is 59.0 Å². The van der Waals surface area contributed by atoms with Gasteiger partial charge in [0.2, 0.25) is 0 Å². The van der Waals surface area contributed by atoms with E-state index in [-0.39, 0.29) is 11.7 Å². The van der Waals surface area contributed by atoms with Gasteiger partial charge in [-0.15, -0.1) is 0 Å². The first-order valence-corrected chi connectivity index (χ1v) is 9.14. The summed E-state index contributed by atoms with van der Waals surface area (Å²) in [5, 5.41) is 1.51. The molecule has 0 aliphatic carbocycles. The highest BCUT2D eigenvalue weighted by Gasteiger charge is 2.28. The second kappa shape index (κ2) is 7.00.